The van der Waals surface area contributed by atoms with Gasteiger partial charge in [-0.15, -0.1) is 0 Å². The fraction of sp³-hybridized carbons (Fsp3) is 0.500. The highest BCUT2D eigenvalue weighted by Crippen LogP contribution is 2.23. The predicted molar refractivity (Wildman–Crippen MR) is 84.3 cm³/mol. The zero-order valence-corrected chi connectivity index (χ0v) is 13.9. The number of nitrogens with two attached hydrogens (primary N) is 1. The van der Waals surface area contributed by atoms with Crippen molar-refractivity contribution in [2.24, 2.45) is 5.73 Å². The normalized spacial score (nSPS) is 11.0. The van der Waals surface area contributed by atoms with Gasteiger partial charge < -0.3 is 10.3 Å². The number of carbonyl (C=O) groups is 1. The third-order valence-corrected chi connectivity index (χ3v) is 4.24. The van der Waals surface area contributed by atoms with E-state index in [9.17, 15) is 4.79 Å². The van der Waals surface area contributed by atoms with Crippen molar-refractivity contribution in [2.75, 3.05) is 6.54 Å². The van der Waals surface area contributed by atoms with Crippen molar-refractivity contribution >= 4 is 21.7 Å². The topological polar surface area (TPSA) is 78.7 Å². The van der Waals surface area contributed by atoms with Crippen LogP contribution in [0.4, 0.5) is 0 Å². The predicted octanol–water partition coefficient (Wildman–Crippen LogP) is 1.81. The minimum absolute atomic E-state index is 0.0104. The number of aromatic nitrogens is 4. The van der Waals surface area contributed by atoms with Gasteiger partial charge in [0.1, 0.15) is 5.69 Å². The van der Waals surface area contributed by atoms with E-state index in [2.05, 4.69) is 26.0 Å². The molecule has 2 heterocycles. The fourth-order valence-electron chi connectivity index (χ4n) is 2.20. The molecule has 21 heavy (non-hydrogen) atoms. The van der Waals surface area contributed by atoms with E-state index in [1.807, 2.05) is 23.1 Å². The number of halogens is 1. The summed E-state index contributed by atoms with van der Waals surface area (Å²) in [7, 11) is 0. The lowest BCUT2D eigenvalue weighted by Gasteiger charge is -2.03. The van der Waals surface area contributed by atoms with Gasteiger partial charge in [-0.1, -0.05) is 6.92 Å². The number of hydrogen-bond donors (Lipinski definition) is 1. The zero-order chi connectivity index (χ0) is 15.4. The van der Waals surface area contributed by atoms with Crippen molar-refractivity contribution in [1.29, 1.82) is 0 Å². The second-order valence-electron chi connectivity index (χ2n) is 4.76. The summed E-state index contributed by atoms with van der Waals surface area (Å²) in [6, 6.07) is 0. The smallest absolute Gasteiger partial charge is 0.188 e. The summed E-state index contributed by atoms with van der Waals surface area (Å²) in [4.78, 5) is 16.5. The molecule has 0 radical (unpaired) electrons. The number of carbonyl (C=O) groups excluding carboxylic acids is 1. The highest BCUT2D eigenvalue weighted by molar-refractivity contribution is 9.10. The van der Waals surface area contributed by atoms with E-state index in [1.165, 1.54) is 0 Å². The maximum atomic E-state index is 12.4. The van der Waals surface area contributed by atoms with Gasteiger partial charge in [-0.05, 0) is 29.3 Å². The van der Waals surface area contributed by atoms with Gasteiger partial charge in [0, 0.05) is 25.8 Å². The van der Waals surface area contributed by atoms with Crippen LogP contribution in [-0.4, -0.2) is 31.7 Å². The van der Waals surface area contributed by atoms with Crippen LogP contribution in [0.25, 0.3) is 0 Å². The number of ketones is 1. The molecular weight excluding hydrogens is 334 g/mol. The first kappa shape index (κ1) is 15.9. The average Bonchev–Trinajstić information content (AvgIpc) is 3.05. The summed E-state index contributed by atoms with van der Waals surface area (Å²) in [6.45, 7) is 5.99. The SMILES string of the molecule is CCc1nn(CC)c(CC(=O)c2cn(CCN)cn2)c1Br. The van der Waals surface area contributed by atoms with Crippen LogP contribution in [0.3, 0.4) is 0 Å². The van der Waals surface area contributed by atoms with Gasteiger partial charge in [0.25, 0.3) is 0 Å². The Labute approximate surface area is 132 Å². The molecule has 0 saturated heterocycles. The number of rotatable bonds is 7. The minimum Gasteiger partial charge on any atom is -0.335 e. The molecule has 0 aliphatic rings. The second-order valence-corrected chi connectivity index (χ2v) is 5.56. The van der Waals surface area contributed by atoms with Crippen LogP contribution in [0, 0.1) is 0 Å². The molecule has 114 valence electrons. The molecule has 0 amide bonds. The lowest BCUT2D eigenvalue weighted by Crippen LogP contribution is -2.11. The fourth-order valence-corrected chi connectivity index (χ4v) is 2.91. The van der Waals surface area contributed by atoms with E-state index in [1.54, 1.807) is 12.5 Å². The second kappa shape index (κ2) is 7.00. The van der Waals surface area contributed by atoms with Crippen molar-refractivity contribution in [3.05, 3.63) is 34.1 Å². The quantitative estimate of drug-likeness (QED) is 0.769. The van der Waals surface area contributed by atoms with Crippen molar-refractivity contribution in [1.82, 2.24) is 19.3 Å². The third kappa shape index (κ3) is 3.41. The molecule has 0 atom stereocenters. The largest absolute Gasteiger partial charge is 0.335 e. The Morgan fingerprint density at radius 3 is 2.81 bits per heavy atom. The summed E-state index contributed by atoms with van der Waals surface area (Å²) in [5.74, 6) is -0.0104. The first-order chi connectivity index (χ1) is 10.1. The van der Waals surface area contributed by atoms with E-state index in [0.29, 0.717) is 25.2 Å². The Kier molecular flexibility index (Phi) is 5.30. The molecule has 2 N–H and O–H groups in total. The van der Waals surface area contributed by atoms with Gasteiger partial charge in [-0.3, -0.25) is 9.48 Å². The number of nitrogens with zero attached hydrogens (tertiary/aromatic N) is 4. The number of Topliss-reactive ketones (excluding diaryl/α,β-unsaturated/α-hetero) is 1. The maximum Gasteiger partial charge on any atom is 0.188 e. The lowest BCUT2D eigenvalue weighted by molar-refractivity contribution is 0.0986. The Morgan fingerprint density at radius 2 is 2.19 bits per heavy atom. The van der Waals surface area contributed by atoms with Gasteiger partial charge in [0.15, 0.2) is 5.78 Å². The number of imidazole rings is 1. The Morgan fingerprint density at radius 1 is 1.43 bits per heavy atom. The molecule has 2 aromatic rings. The maximum absolute atomic E-state index is 12.4. The van der Waals surface area contributed by atoms with E-state index >= 15 is 0 Å². The third-order valence-electron chi connectivity index (χ3n) is 3.33. The molecule has 6 nitrogen and oxygen atoms in total. The molecular formula is C14H20BrN5O. The molecule has 0 spiro atoms. The molecule has 0 fully saturated rings. The Bertz CT molecular complexity index is 631. The Hall–Kier alpha value is -1.47. The van der Waals surface area contributed by atoms with Gasteiger partial charge in [-0.25, -0.2) is 4.98 Å². The molecule has 2 rings (SSSR count). The van der Waals surface area contributed by atoms with Crippen LogP contribution >= 0.6 is 15.9 Å². The summed E-state index contributed by atoms with van der Waals surface area (Å²) in [5, 5.41) is 4.50. The van der Waals surface area contributed by atoms with Crippen LogP contribution in [-0.2, 0) is 25.9 Å². The van der Waals surface area contributed by atoms with Crippen molar-refractivity contribution in [2.45, 2.75) is 39.8 Å². The highest BCUT2D eigenvalue weighted by Gasteiger charge is 2.19. The summed E-state index contributed by atoms with van der Waals surface area (Å²) < 4.78 is 4.63. The van der Waals surface area contributed by atoms with E-state index in [0.717, 1.165) is 28.8 Å². The standard InChI is InChI=1S/C14H20BrN5O/c1-3-10-14(15)12(20(4-2)18-10)7-13(21)11-8-19(6-5-16)9-17-11/h8-9H,3-7,16H2,1-2H3. The monoisotopic (exact) mass is 353 g/mol. The van der Waals surface area contributed by atoms with Crippen molar-refractivity contribution < 1.29 is 4.79 Å². The first-order valence-corrected chi connectivity index (χ1v) is 7.89. The van der Waals surface area contributed by atoms with Gasteiger partial charge in [0.05, 0.1) is 28.6 Å². The van der Waals surface area contributed by atoms with E-state index in [4.69, 9.17) is 5.73 Å². The van der Waals surface area contributed by atoms with E-state index < -0.39 is 0 Å². The van der Waals surface area contributed by atoms with Crippen LogP contribution in [0.5, 0.6) is 0 Å². The van der Waals surface area contributed by atoms with Crippen molar-refractivity contribution in [3.8, 4) is 0 Å². The van der Waals surface area contributed by atoms with Gasteiger partial charge in [-0.2, -0.15) is 5.10 Å². The molecule has 0 unspecified atom stereocenters. The molecule has 7 heteroatoms. The zero-order valence-electron chi connectivity index (χ0n) is 12.3. The number of aryl methyl sites for hydroxylation is 2. The Balaban J connectivity index is 2.20. The van der Waals surface area contributed by atoms with Gasteiger partial charge >= 0.3 is 0 Å². The molecule has 0 aliphatic heterocycles. The molecule has 0 bridgehead atoms. The lowest BCUT2D eigenvalue weighted by atomic mass is 10.1. The average molecular weight is 354 g/mol. The minimum atomic E-state index is -0.0104. The number of hydrogen-bond acceptors (Lipinski definition) is 4. The highest BCUT2D eigenvalue weighted by atomic mass is 79.9. The van der Waals surface area contributed by atoms with Crippen molar-refractivity contribution in [3.63, 3.8) is 0 Å². The van der Waals surface area contributed by atoms with Gasteiger partial charge in [0.2, 0.25) is 0 Å². The summed E-state index contributed by atoms with van der Waals surface area (Å²) in [5.41, 5.74) is 7.85. The summed E-state index contributed by atoms with van der Waals surface area (Å²) >= 11 is 3.56. The van der Waals surface area contributed by atoms with Crippen LogP contribution < -0.4 is 5.73 Å². The van der Waals surface area contributed by atoms with Crippen LogP contribution in [0.1, 0.15) is 35.7 Å². The molecule has 0 aromatic carbocycles. The molecule has 0 aliphatic carbocycles. The van der Waals surface area contributed by atoms with Crippen LogP contribution in [0.15, 0.2) is 17.0 Å². The summed E-state index contributed by atoms with van der Waals surface area (Å²) in [6.07, 6.45) is 4.52. The molecule has 0 saturated carbocycles. The first-order valence-electron chi connectivity index (χ1n) is 7.09. The van der Waals surface area contributed by atoms with E-state index in [-0.39, 0.29) is 5.78 Å². The van der Waals surface area contributed by atoms with Crippen LogP contribution in [0.2, 0.25) is 0 Å². The molecule has 2 aromatic heterocycles.